The summed E-state index contributed by atoms with van der Waals surface area (Å²) in [7, 11) is 0. The Hall–Kier alpha value is -0.920. The van der Waals surface area contributed by atoms with E-state index in [9.17, 15) is 8.78 Å². The molecule has 0 amide bonds. The Labute approximate surface area is 76.6 Å². The minimum absolute atomic E-state index is 0.0472. The molecule has 1 saturated carbocycles. The SMILES string of the molecule is Cc1ccc(C2CCC2(F)F)cc1. The third-order valence-corrected chi connectivity index (χ3v) is 2.76. The van der Waals surface area contributed by atoms with Gasteiger partial charge >= 0.3 is 0 Å². The highest BCUT2D eigenvalue weighted by Gasteiger charge is 2.48. The van der Waals surface area contributed by atoms with E-state index in [1.165, 1.54) is 0 Å². The lowest BCUT2D eigenvalue weighted by Gasteiger charge is -2.36. The van der Waals surface area contributed by atoms with Crippen LogP contribution in [0.5, 0.6) is 0 Å². The molecule has 0 nitrogen and oxygen atoms in total. The van der Waals surface area contributed by atoms with Crippen LogP contribution in [0.1, 0.15) is 29.9 Å². The number of rotatable bonds is 1. The van der Waals surface area contributed by atoms with E-state index in [0.29, 0.717) is 6.42 Å². The van der Waals surface area contributed by atoms with Crippen LogP contribution in [0.25, 0.3) is 0 Å². The molecule has 0 saturated heterocycles. The average Bonchev–Trinajstić information content (AvgIpc) is 2.07. The first-order valence-electron chi connectivity index (χ1n) is 4.54. The lowest BCUT2D eigenvalue weighted by Crippen LogP contribution is -2.36. The van der Waals surface area contributed by atoms with Gasteiger partial charge in [-0.05, 0) is 18.9 Å². The molecule has 0 bridgehead atoms. The molecule has 13 heavy (non-hydrogen) atoms. The first-order valence-corrected chi connectivity index (χ1v) is 4.54. The summed E-state index contributed by atoms with van der Waals surface area (Å²) < 4.78 is 26.0. The topological polar surface area (TPSA) is 0 Å². The number of alkyl halides is 2. The molecule has 1 unspecified atom stereocenters. The molecular weight excluding hydrogens is 170 g/mol. The van der Waals surface area contributed by atoms with E-state index in [4.69, 9.17) is 0 Å². The zero-order valence-electron chi connectivity index (χ0n) is 7.56. The number of hydrogen-bond donors (Lipinski definition) is 0. The van der Waals surface area contributed by atoms with E-state index in [1.807, 2.05) is 31.2 Å². The molecule has 1 aliphatic rings. The van der Waals surface area contributed by atoms with Crippen molar-refractivity contribution >= 4 is 0 Å². The van der Waals surface area contributed by atoms with Crippen molar-refractivity contribution in [2.75, 3.05) is 0 Å². The standard InChI is InChI=1S/C11H12F2/c1-8-2-4-9(5-3-8)10-6-7-11(10,12)13/h2-5,10H,6-7H2,1H3. The monoisotopic (exact) mass is 182 g/mol. The van der Waals surface area contributed by atoms with Crippen LogP contribution in [0.4, 0.5) is 8.78 Å². The van der Waals surface area contributed by atoms with Gasteiger partial charge in [0.15, 0.2) is 0 Å². The van der Waals surface area contributed by atoms with Crippen LogP contribution in [0.3, 0.4) is 0 Å². The second-order valence-corrected chi connectivity index (χ2v) is 3.76. The smallest absolute Gasteiger partial charge is 0.206 e. The first-order chi connectivity index (χ1) is 6.09. The summed E-state index contributed by atoms with van der Waals surface area (Å²) in [4.78, 5) is 0. The van der Waals surface area contributed by atoms with Gasteiger partial charge in [-0.1, -0.05) is 29.8 Å². The molecule has 1 aliphatic carbocycles. The summed E-state index contributed by atoms with van der Waals surface area (Å²) in [6, 6.07) is 7.41. The summed E-state index contributed by atoms with van der Waals surface area (Å²) >= 11 is 0. The highest BCUT2D eigenvalue weighted by atomic mass is 19.3. The van der Waals surface area contributed by atoms with Crippen molar-refractivity contribution in [2.24, 2.45) is 0 Å². The van der Waals surface area contributed by atoms with E-state index in [1.54, 1.807) is 0 Å². The minimum atomic E-state index is -2.46. The number of benzene rings is 1. The molecule has 0 spiro atoms. The molecule has 70 valence electrons. The zero-order chi connectivity index (χ0) is 9.47. The Bertz CT molecular complexity index is 300. The van der Waals surface area contributed by atoms with Gasteiger partial charge in [0.25, 0.3) is 5.92 Å². The van der Waals surface area contributed by atoms with Gasteiger partial charge in [0.1, 0.15) is 0 Å². The fourth-order valence-corrected chi connectivity index (χ4v) is 1.72. The third-order valence-electron chi connectivity index (χ3n) is 2.76. The largest absolute Gasteiger partial charge is 0.254 e. The zero-order valence-corrected chi connectivity index (χ0v) is 7.56. The van der Waals surface area contributed by atoms with Gasteiger partial charge < -0.3 is 0 Å². The highest BCUT2D eigenvalue weighted by molar-refractivity contribution is 5.28. The molecule has 1 atom stereocenters. The van der Waals surface area contributed by atoms with Crippen LogP contribution in [-0.4, -0.2) is 5.92 Å². The van der Waals surface area contributed by atoms with Crippen molar-refractivity contribution in [3.8, 4) is 0 Å². The molecule has 1 fully saturated rings. The molecule has 2 heteroatoms. The van der Waals surface area contributed by atoms with E-state index in [2.05, 4.69) is 0 Å². The van der Waals surface area contributed by atoms with Crippen molar-refractivity contribution in [2.45, 2.75) is 31.6 Å². The quantitative estimate of drug-likeness (QED) is 0.623. The predicted octanol–water partition coefficient (Wildman–Crippen LogP) is 3.51. The van der Waals surface area contributed by atoms with E-state index in [0.717, 1.165) is 11.1 Å². The second-order valence-electron chi connectivity index (χ2n) is 3.76. The number of aryl methyl sites for hydroxylation is 1. The van der Waals surface area contributed by atoms with Crippen molar-refractivity contribution < 1.29 is 8.78 Å². The fraction of sp³-hybridized carbons (Fsp3) is 0.455. The Morgan fingerprint density at radius 2 is 1.85 bits per heavy atom. The minimum Gasteiger partial charge on any atom is -0.206 e. The van der Waals surface area contributed by atoms with E-state index in [-0.39, 0.29) is 6.42 Å². The van der Waals surface area contributed by atoms with Gasteiger partial charge in [-0.15, -0.1) is 0 Å². The Balaban J connectivity index is 2.22. The number of halogens is 2. The molecule has 0 aliphatic heterocycles. The van der Waals surface area contributed by atoms with Crippen LogP contribution in [-0.2, 0) is 0 Å². The Kier molecular flexibility index (Phi) is 1.86. The highest BCUT2D eigenvalue weighted by Crippen LogP contribution is 2.49. The second kappa shape index (κ2) is 2.79. The summed E-state index contributed by atoms with van der Waals surface area (Å²) in [5, 5.41) is 0. The molecule has 0 N–H and O–H groups in total. The summed E-state index contributed by atoms with van der Waals surface area (Å²) in [6.45, 7) is 1.96. The van der Waals surface area contributed by atoms with Crippen molar-refractivity contribution in [3.05, 3.63) is 35.4 Å². The third kappa shape index (κ3) is 1.45. The van der Waals surface area contributed by atoms with Crippen molar-refractivity contribution in [1.29, 1.82) is 0 Å². The molecule has 0 heterocycles. The maximum absolute atomic E-state index is 13.0. The summed E-state index contributed by atoms with van der Waals surface area (Å²) in [5.41, 5.74) is 1.90. The maximum atomic E-state index is 13.0. The van der Waals surface area contributed by atoms with E-state index < -0.39 is 11.8 Å². The van der Waals surface area contributed by atoms with Gasteiger partial charge in [-0.25, -0.2) is 8.78 Å². The first kappa shape index (κ1) is 8.67. The molecule has 0 radical (unpaired) electrons. The maximum Gasteiger partial charge on any atom is 0.254 e. The van der Waals surface area contributed by atoms with Gasteiger partial charge in [0, 0.05) is 12.3 Å². The molecular formula is C11H12F2. The number of hydrogen-bond acceptors (Lipinski definition) is 0. The van der Waals surface area contributed by atoms with Gasteiger partial charge in [-0.3, -0.25) is 0 Å². The lowest BCUT2D eigenvalue weighted by molar-refractivity contribution is -0.0962. The molecule has 1 aromatic carbocycles. The molecule has 0 aromatic heterocycles. The van der Waals surface area contributed by atoms with Crippen LogP contribution in [0.2, 0.25) is 0 Å². The average molecular weight is 182 g/mol. The Morgan fingerprint density at radius 1 is 1.23 bits per heavy atom. The Morgan fingerprint density at radius 3 is 2.23 bits per heavy atom. The van der Waals surface area contributed by atoms with Gasteiger partial charge in [0.05, 0.1) is 0 Å². The normalized spacial score (nSPS) is 25.3. The summed E-state index contributed by atoms with van der Waals surface area (Å²) in [6.07, 6.45) is 0.668. The van der Waals surface area contributed by atoms with Gasteiger partial charge in [0.2, 0.25) is 0 Å². The van der Waals surface area contributed by atoms with Crippen LogP contribution in [0, 0.1) is 6.92 Å². The van der Waals surface area contributed by atoms with Crippen LogP contribution in [0.15, 0.2) is 24.3 Å². The molecule has 1 aromatic rings. The molecule has 2 rings (SSSR count). The van der Waals surface area contributed by atoms with Crippen molar-refractivity contribution in [3.63, 3.8) is 0 Å². The van der Waals surface area contributed by atoms with Crippen LogP contribution < -0.4 is 0 Å². The van der Waals surface area contributed by atoms with Crippen molar-refractivity contribution in [1.82, 2.24) is 0 Å². The predicted molar refractivity (Wildman–Crippen MR) is 48.1 cm³/mol. The van der Waals surface area contributed by atoms with Gasteiger partial charge in [-0.2, -0.15) is 0 Å². The fourth-order valence-electron chi connectivity index (χ4n) is 1.72. The summed E-state index contributed by atoms with van der Waals surface area (Å²) in [5.74, 6) is -3.00. The lowest BCUT2D eigenvalue weighted by atomic mass is 9.76. The van der Waals surface area contributed by atoms with Crippen LogP contribution >= 0.6 is 0 Å². The van der Waals surface area contributed by atoms with E-state index >= 15 is 0 Å².